The molecule has 2 atom stereocenters. The van der Waals surface area contributed by atoms with E-state index in [9.17, 15) is 9.18 Å². The summed E-state index contributed by atoms with van der Waals surface area (Å²) in [5.74, 6) is -0.295. The SMILES string of the molecule is CC1CNC(C(=O)NCc2ccc(F)cc2)CN1. The van der Waals surface area contributed by atoms with Gasteiger partial charge in [0.1, 0.15) is 5.82 Å². The number of hydrogen-bond donors (Lipinski definition) is 3. The molecule has 1 heterocycles. The molecule has 0 spiro atoms. The highest BCUT2D eigenvalue weighted by Crippen LogP contribution is 2.02. The van der Waals surface area contributed by atoms with Crippen molar-refractivity contribution >= 4 is 5.91 Å². The number of halogens is 1. The smallest absolute Gasteiger partial charge is 0.238 e. The molecule has 3 N–H and O–H groups in total. The second-order valence-corrected chi connectivity index (χ2v) is 4.61. The first kappa shape index (κ1) is 13.0. The van der Waals surface area contributed by atoms with E-state index >= 15 is 0 Å². The fraction of sp³-hybridized carbons (Fsp3) is 0.462. The Bertz CT molecular complexity index is 399. The molecule has 1 aromatic rings. The Morgan fingerprint density at radius 3 is 2.67 bits per heavy atom. The maximum absolute atomic E-state index is 12.7. The third kappa shape index (κ3) is 3.51. The lowest BCUT2D eigenvalue weighted by atomic mass is 10.1. The number of rotatable bonds is 3. The average Bonchev–Trinajstić information content (AvgIpc) is 2.38. The minimum atomic E-state index is -0.266. The van der Waals surface area contributed by atoms with E-state index in [1.54, 1.807) is 12.1 Å². The molecule has 2 rings (SSSR count). The van der Waals surface area contributed by atoms with Crippen LogP contribution in [-0.2, 0) is 11.3 Å². The lowest BCUT2D eigenvalue weighted by Crippen LogP contribution is -2.58. The number of amides is 1. The molecule has 18 heavy (non-hydrogen) atoms. The van der Waals surface area contributed by atoms with Crippen molar-refractivity contribution in [3.05, 3.63) is 35.6 Å². The Morgan fingerprint density at radius 2 is 2.06 bits per heavy atom. The highest BCUT2D eigenvalue weighted by atomic mass is 19.1. The number of nitrogens with one attached hydrogen (secondary N) is 3. The standard InChI is InChI=1S/C13H18FN3O/c1-9-6-16-12(8-15-9)13(18)17-7-10-2-4-11(14)5-3-10/h2-5,9,12,15-16H,6-8H2,1H3,(H,17,18). The first-order chi connectivity index (χ1) is 8.65. The second-order valence-electron chi connectivity index (χ2n) is 4.61. The molecule has 98 valence electrons. The van der Waals surface area contributed by atoms with Gasteiger partial charge in [0.25, 0.3) is 0 Å². The van der Waals surface area contributed by atoms with Gasteiger partial charge in [-0.05, 0) is 24.6 Å². The topological polar surface area (TPSA) is 53.2 Å². The van der Waals surface area contributed by atoms with E-state index in [0.29, 0.717) is 19.1 Å². The Kier molecular flexibility index (Phi) is 4.28. The van der Waals surface area contributed by atoms with Gasteiger partial charge in [0, 0.05) is 25.7 Å². The predicted molar refractivity (Wildman–Crippen MR) is 67.5 cm³/mol. The molecular formula is C13H18FN3O. The first-order valence-corrected chi connectivity index (χ1v) is 6.14. The average molecular weight is 251 g/mol. The normalized spacial score (nSPS) is 23.7. The minimum Gasteiger partial charge on any atom is -0.351 e. The van der Waals surface area contributed by atoms with E-state index in [4.69, 9.17) is 0 Å². The van der Waals surface area contributed by atoms with Gasteiger partial charge in [-0.1, -0.05) is 12.1 Å². The summed E-state index contributed by atoms with van der Waals surface area (Å²) in [4.78, 5) is 11.9. The van der Waals surface area contributed by atoms with E-state index in [1.807, 2.05) is 0 Å². The molecule has 1 amide bonds. The van der Waals surface area contributed by atoms with Crippen molar-refractivity contribution in [3.8, 4) is 0 Å². The Labute approximate surface area is 106 Å². The van der Waals surface area contributed by atoms with Crippen molar-refractivity contribution in [3.63, 3.8) is 0 Å². The number of carbonyl (C=O) groups excluding carboxylic acids is 1. The van der Waals surface area contributed by atoms with Crippen molar-refractivity contribution < 1.29 is 9.18 Å². The highest BCUT2D eigenvalue weighted by molar-refractivity contribution is 5.82. The van der Waals surface area contributed by atoms with Crippen LogP contribution >= 0.6 is 0 Å². The van der Waals surface area contributed by atoms with Crippen LogP contribution in [-0.4, -0.2) is 31.1 Å². The summed E-state index contributed by atoms with van der Waals surface area (Å²) in [7, 11) is 0. The molecule has 1 aromatic carbocycles. The lowest BCUT2D eigenvalue weighted by molar-refractivity contribution is -0.123. The van der Waals surface area contributed by atoms with Crippen LogP contribution in [0.3, 0.4) is 0 Å². The molecule has 0 saturated carbocycles. The molecule has 1 saturated heterocycles. The van der Waals surface area contributed by atoms with E-state index in [2.05, 4.69) is 22.9 Å². The van der Waals surface area contributed by atoms with Gasteiger partial charge in [-0.3, -0.25) is 4.79 Å². The molecule has 1 aliphatic heterocycles. The fourth-order valence-corrected chi connectivity index (χ4v) is 1.88. The number of hydrogen-bond acceptors (Lipinski definition) is 3. The summed E-state index contributed by atoms with van der Waals surface area (Å²) in [6.45, 7) is 3.91. The second kappa shape index (κ2) is 5.93. The van der Waals surface area contributed by atoms with Crippen LogP contribution in [0.1, 0.15) is 12.5 Å². The monoisotopic (exact) mass is 251 g/mol. The van der Waals surface area contributed by atoms with Crippen LogP contribution in [0, 0.1) is 5.82 Å². The van der Waals surface area contributed by atoms with Gasteiger partial charge in [0.15, 0.2) is 0 Å². The molecular weight excluding hydrogens is 233 g/mol. The molecule has 0 radical (unpaired) electrons. The van der Waals surface area contributed by atoms with Gasteiger partial charge in [0.05, 0.1) is 6.04 Å². The van der Waals surface area contributed by atoms with Crippen molar-refractivity contribution in [1.29, 1.82) is 0 Å². The quantitative estimate of drug-likeness (QED) is 0.728. The fourth-order valence-electron chi connectivity index (χ4n) is 1.88. The number of carbonyl (C=O) groups is 1. The van der Waals surface area contributed by atoms with Crippen molar-refractivity contribution in [1.82, 2.24) is 16.0 Å². The predicted octanol–water partition coefficient (Wildman–Crippen LogP) is 0.392. The summed E-state index contributed by atoms with van der Waals surface area (Å²) in [5.41, 5.74) is 0.891. The largest absolute Gasteiger partial charge is 0.351 e. The lowest BCUT2D eigenvalue weighted by Gasteiger charge is -2.28. The molecule has 2 unspecified atom stereocenters. The first-order valence-electron chi connectivity index (χ1n) is 6.14. The number of piperazine rings is 1. The van der Waals surface area contributed by atoms with Crippen molar-refractivity contribution in [2.24, 2.45) is 0 Å². The molecule has 0 aliphatic carbocycles. The molecule has 4 nitrogen and oxygen atoms in total. The minimum absolute atomic E-state index is 0.0290. The van der Waals surface area contributed by atoms with Crippen LogP contribution < -0.4 is 16.0 Å². The van der Waals surface area contributed by atoms with Gasteiger partial charge in [-0.15, -0.1) is 0 Å². The van der Waals surface area contributed by atoms with E-state index in [1.165, 1.54) is 12.1 Å². The molecule has 0 bridgehead atoms. The Hall–Kier alpha value is -1.46. The zero-order valence-corrected chi connectivity index (χ0v) is 10.4. The molecule has 5 heteroatoms. The third-order valence-corrected chi connectivity index (χ3v) is 3.04. The number of benzene rings is 1. The summed E-state index contributed by atoms with van der Waals surface area (Å²) >= 11 is 0. The van der Waals surface area contributed by atoms with E-state index < -0.39 is 0 Å². The van der Waals surface area contributed by atoms with Crippen LogP contribution in [0.4, 0.5) is 4.39 Å². The maximum atomic E-state index is 12.7. The van der Waals surface area contributed by atoms with Crippen LogP contribution in [0.5, 0.6) is 0 Å². The summed E-state index contributed by atoms with van der Waals surface area (Å²) < 4.78 is 12.7. The highest BCUT2D eigenvalue weighted by Gasteiger charge is 2.22. The van der Waals surface area contributed by atoms with Gasteiger partial charge in [-0.25, -0.2) is 4.39 Å². The summed E-state index contributed by atoms with van der Waals surface area (Å²) in [6, 6.07) is 6.33. The maximum Gasteiger partial charge on any atom is 0.238 e. The van der Waals surface area contributed by atoms with Gasteiger partial charge in [0.2, 0.25) is 5.91 Å². The molecule has 1 fully saturated rings. The summed E-state index contributed by atoms with van der Waals surface area (Å²) in [5, 5.41) is 9.26. The van der Waals surface area contributed by atoms with Gasteiger partial charge >= 0.3 is 0 Å². The summed E-state index contributed by atoms with van der Waals surface area (Å²) in [6.07, 6.45) is 0. The van der Waals surface area contributed by atoms with Gasteiger partial charge < -0.3 is 16.0 Å². The van der Waals surface area contributed by atoms with Gasteiger partial charge in [-0.2, -0.15) is 0 Å². The van der Waals surface area contributed by atoms with Crippen LogP contribution in [0.2, 0.25) is 0 Å². The third-order valence-electron chi connectivity index (χ3n) is 3.04. The van der Waals surface area contributed by atoms with Crippen molar-refractivity contribution in [2.75, 3.05) is 13.1 Å². The zero-order chi connectivity index (χ0) is 13.0. The van der Waals surface area contributed by atoms with E-state index in [0.717, 1.165) is 12.1 Å². The molecule has 0 aromatic heterocycles. The Balaban J connectivity index is 1.79. The van der Waals surface area contributed by atoms with Crippen LogP contribution in [0.25, 0.3) is 0 Å². The Morgan fingerprint density at radius 1 is 1.33 bits per heavy atom. The van der Waals surface area contributed by atoms with Crippen LogP contribution in [0.15, 0.2) is 24.3 Å². The van der Waals surface area contributed by atoms with Crippen molar-refractivity contribution in [2.45, 2.75) is 25.6 Å². The zero-order valence-electron chi connectivity index (χ0n) is 10.4. The van der Waals surface area contributed by atoms with E-state index in [-0.39, 0.29) is 17.8 Å². The molecule has 1 aliphatic rings.